The molecule has 1 atom stereocenters. The topological polar surface area (TPSA) is 121 Å². The van der Waals surface area contributed by atoms with Gasteiger partial charge in [0.05, 0.1) is 29.2 Å². The Morgan fingerprint density at radius 3 is 2.24 bits per heavy atom. The number of nitrogens with one attached hydrogen (secondary N) is 1. The normalized spacial score (nSPS) is 10.5. The molecule has 0 radical (unpaired) electrons. The van der Waals surface area contributed by atoms with Gasteiger partial charge in [0.15, 0.2) is 0 Å². The molecule has 5 aromatic rings. The number of pyridine rings is 1. The summed E-state index contributed by atoms with van der Waals surface area (Å²) in [6.45, 7) is 1.94. The van der Waals surface area contributed by atoms with Gasteiger partial charge >= 0.3 is 0 Å². The van der Waals surface area contributed by atoms with Gasteiger partial charge in [0.2, 0.25) is 5.95 Å². The quantitative estimate of drug-likeness (QED) is 0.142. The average molecular weight is 822 g/mol. The van der Waals surface area contributed by atoms with Crippen molar-refractivity contribution in [1.29, 1.82) is 0 Å². The molecule has 4 aromatic heterocycles. The molecule has 0 bridgehead atoms. The summed E-state index contributed by atoms with van der Waals surface area (Å²) in [6, 6.07) is 12.9. The predicted octanol–water partition coefficient (Wildman–Crippen LogP) is 6.88. The van der Waals surface area contributed by atoms with Crippen molar-refractivity contribution in [3.8, 4) is 11.3 Å². The summed E-state index contributed by atoms with van der Waals surface area (Å²) in [4.78, 5) is 23.6. The summed E-state index contributed by atoms with van der Waals surface area (Å²) < 4.78 is 18.8. The van der Waals surface area contributed by atoms with Crippen LogP contribution in [0.5, 0.6) is 0 Å². The molecule has 0 aliphatic rings. The number of alkyl halides is 1. The summed E-state index contributed by atoms with van der Waals surface area (Å²) in [5.41, 5.74) is 7.08. The highest BCUT2D eigenvalue weighted by atomic mass is 127. The highest BCUT2D eigenvalue weighted by molar-refractivity contribution is 14.1. The van der Waals surface area contributed by atoms with Crippen LogP contribution in [0.15, 0.2) is 78.1 Å². The van der Waals surface area contributed by atoms with E-state index in [1.165, 1.54) is 18.2 Å². The molecule has 0 saturated heterocycles. The van der Waals surface area contributed by atoms with Crippen molar-refractivity contribution in [2.24, 2.45) is 14.1 Å². The van der Waals surface area contributed by atoms with Crippen molar-refractivity contribution in [2.45, 2.75) is 26.8 Å². The van der Waals surface area contributed by atoms with Gasteiger partial charge in [-0.05, 0) is 47.2 Å². The summed E-state index contributed by atoms with van der Waals surface area (Å²) in [6.07, 6.45) is 7.27. The van der Waals surface area contributed by atoms with Gasteiger partial charge in [-0.2, -0.15) is 10.2 Å². The van der Waals surface area contributed by atoms with Crippen LogP contribution in [0.1, 0.15) is 32.4 Å². The van der Waals surface area contributed by atoms with Gasteiger partial charge < -0.3 is 15.6 Å². The van der Waals surface area contributed by atoms with E-state index < -0.39 is 5.82 Å². The minimum Gasteiger partial charge on any atom is -0.384 e. The molecule has 0 aliphatic heterocycles. The number of hydrogen-bond acceptors (Lipinski definition) is 7. The fraction of sp³-hybridized carbons (Fsp3) is 0.250. The molecule has 4 heterocycles. The predicted molar refractivity (Wildman–Crippen MR) is 188 cm³/mol. The first-order chi connectivity index (χ1) is 19.3. The second-order valence-corrected chi connectivity index (χ2v) is 8.78. The fourth-order valence-corrected chi connectivity index (χ4v) is 3.91. The highest BCUT2D eigenvalue weighted by Crippen LogP contribution is 2.25. The summed E-state index contributed by atoms with van der Waals surface area (Å²) in [7, 11) is 3.61. The molecule has 10 nitrogen and oxygen atoms in total. The van der Waals surface area contributed by atoms with Crippen LogP contribution >= 0.6 is 58.2 Å². The maximum Gasteiger partial charge on any atom is 0.251 e. The Balaban J connectivity index is 0.000000696. The van der Waals surface area contributed by atoms with Gasteiger partial charge in [0, 0.05) is 44.2 Å². The van der Waals surface area contributed by atoms with Crippen LogP contribution in [0.25, 0.3) is 11.3 Å². The molecular formula is C28H35ClFI2N9O. The van der Waals surface area contributed by atoms with Crippen LogP contribution in [0.2, 0.25) is 5.02 Å². The largest absolute Gasteiger partial charge is 0.384 e. The number of benzene rings is 1. The molecule has 5 rings (SSSR count). The van der Waals surface area contributed by atoms with Gasteiger partial charge in [0.25, 0.3) is 5.56 Å². The number of nitrogen functional groups attached to an aromatic ring is 1. The summed E-state index contributed by atoms with van der Waals surface area (Å²) in [5, 5.41) is 11.1. The monoisotopic (exact) mass is 821 g/mol. The van der Waals surface area contributed by atoms with Gasteiger partial charge in [-0.1, -0.05) is 54.6 Å². The minimum atomic E-state index is -0.503. The van der Waals surface area contributed by atoms with E-state index in [0.717, 1.165) is 5.82 Å². The van der Waals surface area contributed by atoms with Crippen molar-refractivity contribution in [1.82, 2.24) is 34.1 Å². The zero-order chi connectivity index (χ0) is 29.2. The zero-order valence-corrected chi connectivity index (χ0v) is 28.1. The standard InChI is InChI=1S/C22H20ClFN6O.C4H7N3.CH3I.CH4.HI/c1-3-19(15-4-5-16(23)17(24)12-15)30-11-8-14(13-21(30)31)18-6-9-25-22(27-18)28-20-7-10-26-29(20)2;1-7-4(5)2-3-6-7;1-2;;/h4-13,19H,3H2,1-2H3,(H,25,27,28);2-3H,5H2,1H3;1H3;1H4;1H/t19-;;;;/m1..../s1. The first kappa shape index (κ1) is 37.0. The molecule has 3 N–H and O–H groups in total. The Kier molecular flexibility index (Phi) is 15.7. The highest BCUT2D eigenvalue weighted by Gasteiger charge is 2.16. The minimum absolute atomic E-state index is 0. The number of aryl methyl sites for hydroxylation is 2. The maximum atomic E-state index is 13.9. The lowest BCUT2D eigenvalue weighted by Gasteiger charge is -2.19. The third-order valence-corrected chi connectivity index (χ3v) is 6.18. The van der Waals surface area contributed by atoms with Gasteiger partial charge in [-0.3, -0.25) is 14.2 Å². The Labute approximate surface area is 280 Å². The number of halogens is 4. The van der Waals surface area contributed by atoms with E-state index in [1.807, 2.05) is 31.0 Å². The van der Waals surface area contributed by atoms with E-state index in [-0.39, 0.29) is 48.0 Å². The molecular weight excluding hydrogens is 787 g/mol. The Morgan fingerprint density at radius 2 is 1.71 bits per heavy atom. The molecule has 1 aromatic carbocycles. The third-order valence-electron chi connectivity index (χ3n) is 5.87. The second-order valence-electron chi connectivity index (χ2n) is 8.37. The van der Waals surface area contributed by atoms with Crippen molar-refractivity contribution in [2.75, 3.05) is 16.0 Å². The summed E-state index contributed by atoms with van der Waals surface area (Å²) in [5.74, 6) is 1.33. The average Bonchev–Trinajstić information content (AvgIpc) is 3.55. The maximum absolute atomic E-state index is 13.9. The third kappa shape index (κ3) is 9.49. The van der Waals surface area contributed by atoms with Crippen LogP contribution in [0.3, 0.4) is 0 Å². The molecule has 14 heteroatoms. The molecule has 0 unspecified atom stereocenters. The SMILES string of the molecule is C.CC[C@H](c1ccc(Cl)c(F)c1)n1ccc(-c2ccnc(Nc3ccnn3C)n2)cc1=O.CI.Cn1nccc1N.I. The van der Waals surface area contributed by atoms with Crippen LogP contribution in [0, 0.1) is 5.82 Å². The molecule has 0 fully saturated rings. The van der Waals surface area contributed by atoms with Crippen molar-refractivity contribution in [3.63, 3.8) is 0 Å². The zero-order valence-electron chi connectivity index (χ0n) is 22.9. The van der Waals surface area contributed by atoms with E-state index in [1.54, 1.807) is 64.0 Å². The van der Waals surface area contributed by atoms with Crippen molar-refractivity contribution >= 4 is 75.8 Å². The molecule has 0 saturated carbocycles. The van der Waals surface area contributed by atoms with Crippen LogP contribution in [0.4, 0.5) is 22.0 Å². The van der Waals surface area contributed by atoms with E-state index in [2.05, 4.69) is 48.1 Å². The molecule has 0 aliphatic carbocycles. The van der Waals surface area contributed by atoms with Crippen molar-refractivity contribution in [3.05, 3.63) is 100 Å². The molecule has 0 amide bonds. The van der Waals surface area contributed by atoms with E-state index in [4.69, 9.17) is 17.3 Å². The van der Waals surface area contributed by atoms with Gasteiger partial charge in [-0.15, -0.1) is 24.0 Å². The second kappa shape index (κ2) is 17.8. The number of hydrogen-bond donors (Lipinski definition) is 2. The number of rotatable bonds is 6. The number of nitrogens with zero attached hydrogens (tertiary/aromatic N) is 7. The lowest BCUT2D eigenvalue weighted by molar-refractivity contribution is 0.541. The van der Waals surface area contributed by atoms with Crippen LogP contribution in [-0.4, -0.2) is 39.0 Å². The Morgan fingerprint density at radius 1 is 1.02 bits per heavy atom. The number of nitrogens with two attached hydrogens (primary N) is 1. The van der Waals surface area contributed by atoms with Gasteiger partial charge in [0.1, 0.15) is 17.5 Å². The first-order valence-corrected chi connectivity index (χ1v) is 14.7. The molecule has 42 heavy (non-hydrogen) atoms. The lowest BCUT2D eigenvalue weighted by atomic mass is 10.0. The smallest absolute Gasteiger partial charge is 0.251 e. The Hall–Kier alpha value is -3.05. The van der Waals surface area contributed by atoms with Gasteiger partial charge in [-0.25, -0.2) is 14.4 Å². The van der Waals surface area contributed by atoms with Crippen LogP contribution in [-0.2, 0) is 14.1 Å². The van der Waals surface area contributed by atoms with Crippen LogP contribution < -0.4 is 16.6 Å². The Bertz CT molecular complexity index is 1590. The van der Waals surface area contributed by atoms with Crippen molar-refractivity contribution < 1.29 is 4.39 Å². The molecule has 226 valence electrons. The van der Waals surface area contributed by atoms with E-state index >= 15 is 0 Å². The molecule has 0 spiro atoms. The fourth-order valence-electron chi connectivity index (χ4n) is 3.79. The van der Waals surface area contributed by atoms with E-state index in [9.17, 15) is 9.18 Å². The van der Waals surface area contributed by atoms with E-state index in [0.29, 0.717) is 35.0 Å². The lowest BCUT2D eigenvalue weighted by Crippen LogP contribution is -2.24. The first-order valence-electron chi connectivity index (χ1n) is 12.1. The number of anilines is 3. The number of aromatic nitrogens is 7. The summed E-state index contributed by atoms with van der Waals surface area (Å²) >= 11 is 7.94.